The maximum atomic E-state index is 12.9. The van der Waals surface area contributed by atoms with Gasteiger partial charge in [-0.25, -0.2) is 8.42 Å². The van der Waals surface area contributed by atoms with Crippen molar-refractivity contribution < 1.29 is 13.2 Å². The molecule has 1 atom stereocenters. The van der Waals surface area contributed by atoms with Gasteiger partial charge in [0.2, 0.25) is 10.0 Å². The lowest BCUT2D eigenvalue weighted by Crippen LogP contribution is -2.32. The van der Waals surface area contributed by atoms with Gasteiger partial charge in [-0.1, -0.05) is 25.0 Å². The molecule has 2 heterocycles. The zero-order valence-corrected chi connectivity index (χ0v) is 16.5. The van der Waals surface area contributed by atoms with Gasteiger partial charge >= 0.3 is 0 Å². The van der Waals surface area contributed by atoms with Crippen molar-refractivity contribution in [2.75, 3.05) is 13.1 Å². The normalized spacial score (nSPS) is 17.4. The van der Waals surface area contributed by atoms with Crippen LogP contribution in [0.15, 0.2) is 46.7 Å². The summed E-state index contributed by atoms with van der Waals surface area (Å²) in [7, 11) is -3.56. The maximum absolute atomic E-state index is 12.9. The Labute approximate surface area is 159 Å². The Kier molecular flexibility index (Phi) is 6.11. The van der Waals surface area contributed by atoms with Crippen molar-refractivity contribution in [3.05, 3.63) is 52.2 Å². The van der Waals surface area contributed by atoms with Crippen molar-refractivity contribution >= 4 is 27.3 Å². The number of hydrogen-bond donors (Lipinski definition) is 1. The van der Waals surface area contributed by atoms with Crippen LogP contribution in [0.3, 0.4) is 0 Å². The topological polar surface area (TPSA) is 66.5 Å². The van der Waals surface area contributed by atoms with Gasteiger partial charge in [-0.05, 0) is 49.4 Å². The van der Waals surface area contributed by atoms with Crippen LogP contribution in [0, 0.1) is 0 Å². The fourth-order valence-electron chi connectivity index (χ4n) is 3.12. The molecule has 1 aromatic heterocycles. The first-order chi connectivity index (χ1) is 12.5. The van der Waals surface area contributed by atoms with Gasteiger partial charge in [0.1, 0.15) is 0 Å². The number of thiophene rings is 1. The molecule has 1 aliphatic heterocycles. The minimum atomic E-state index is -3.56. The van der Waals surface area contributed by atoms with Crippen LogP contribution >= 0.6 is 11.3 Å². The molecule has 0 spiro atoms. The molecule has 5 nitrogen and oxygen atoms in total. The number of rotatable bonds is 5. The first-order valence-electron chi connectivity index (χ1n) is 8.93. The van der Waals surface area contributed by atoms with E-state index < -0.39 is 10.0 Å². The van der Waals surface area contributed by atoms with Crippen molar-refractivity contribution in [3.63, 3.8) is 0 Å². The zero-order chi connectivity index (χ0) is 18.6. The van der Waals surface area contributed by atoms with Crippen LogP contribution < -0.4 is 5.32 Å². The van der Waals surface area contributed by atoms with E-state index >= 15 is 0 Å². The second-order valence-corrected chi connectivity index (χ2v) is 9.47. The Hall–Kier alpha value is -1.70. The Bertz CT molecular complexity index is 839. The summed E-state index contributed by atoms with van der Waals surface area (Å²) in [4.78, 5) is 13.8. The van der Waals surface area contributed by atoms with E-state index in [-0.39, 0.29) is 16.8 Å². The third-order valence-corrected chi connectivity index (χ3v) is 7.57. The number of nitrogens with zero attached hydrogens (tertiary/aromatic N) is 1. The smallest absolute Gasteiger partial charge is 0.251 e. The minimum absolute atomic E-state index is 0.117. The van der Waals surface area contributed by atoms with E-state index in [4.69, 9.17) is 0 Å². The van der Waals surface area contributed by atoms with Gasteiger partial charge in [-0.15, -0.1) is 11.3 Å². The van der Waals surface area contributed by atoms with Crippen LogP contribution in [-0.4, -0.2) is 31.7 Å². The largest absolute Gasteiger partial charge is 0.345 e. The highest BCUT2D eigenvalue weighted by Crippen LogP contribution is 2.22. The lowest BCUT2D eigenvalue weighted by Gasteiger charge is -2.20. The lowest BCUT2D eigenvalue weighted by atomic mass is 10.2. The molecule has 26 heavy (non-hydrogen) atoms. The fraction of sp³-hybridized carbons (Fsp3) is 0.421. The zero-order valence-electron chi connectivity index (χ0n) is 14.8. The van der Waals surface area contributed by atoms with Gasteiger partial charge in [0, 0.05) is 23.5 Å². The van der Waals surface area contributed by atoms with E-state index in [1.165, 1.54) is 6.07 Å². The SMILES string of the molecule is CC(NC(=O)c1cccc(S(=O)(=O)N2CCCCCC2)c1)c1cccs1. The van der Waals surface area contributed by atoms with Gasteiger partial charge in [0.25, 0.3) is 5.91 Å². The molecule has 1 aliphatic rings. The molecular weight excluding hydrogens is 368 g/mol. The van der Waals surface area contributed by atoms with Gasteiger partial charge in [-0.3, -0.25) is 4.79 Å². The number of carbonyl (C=O) groups excluding carboxylic acids is 1. The molecule has 7 heteroatoms. The quantitative estimate of drug-likeness (QED) is 0.841. The molecular formula is C19H24N2O3S2. The van der Waals surface area contributed by atoms with Crippen molar-refractivity contribution in [2.45, 2.75) is 43.5 Å². The Morgan fingerprint density at radius 3 is 2.50 bits per heavy atom. The number of benzene rings is 1. The van der Waals surface area contributed by atoms with E-state index in [0.29, 0.717) is 18.7 Å². The van der Waals surface area contributed by atoms with Gasteiger partial charge in [0.15, 0.2) is 0 Å². The van der Waals surface area contributed by atoms with Crippen molar-refractivity contribution in [1.29, 1.82) is 0 Å². The summed E-state index contributed by atoms with van der Waals surface area (Å²) < 4.78 is 27.4. The number of hydrogen-bond acceptors (Lipinski definition) is 4. The molecule has 1 amide bonds. The lowest BCUT2D eigenvalue weighted by molar-refractivity contribution is 0.0940. The molecule has 0 aliphatic carbocycles. The number of amides is 1. The predicted octanol–water partition coefficient (Wildman–Crippen LogP) is 3.80. The highest BCUT2D eigenvalue weighted by Gasteiger charge is 2.26. The van der Waals surface area contributed by atoms with E-state index in [1.54, 1.807) is 33.8 Å². The number of sulfonamides is 1. The van der Waals surface area contributed by atoms with Crippen LogP contribution in [0.5, 0.6) is 0 Å². The molecule has 1 N–H and O–H groups in total. The summed E-state index contributed by atoms with van der Waals surface area (Å²) in [5, 5.41) is 4.89. The standard InChI is InChI=1S/C19H24N2O3S2/c1-15(18-10-7-13-25-18)20-19(22)16-8-6-9-17(14-16)26(23,24)21-11-4-2-3-5-12-21/h6-10,13-15H,2-5,11-12H2,1H3,(H,20,22). The Morgan fingerprint density at radius 1 is 1.12 bits per heavy atom. The predicted molar refractivity (Wildman–Crippen MR) is 104 cm³/mol. The summed E-state index contributed by atoms with van der Waals surface area (Å²) in [6.45, 7) is 3.02. The number of carbonyl (C=O) groups is 1. The van der Waals surface area contributed by atoms with Crippen LogP contribution in [-0.2, 0) is 10.0 Å². The first-order valence-corrected chi connectivity index (χ1v) is 11.2. The van der Waals surface area contributed by atoms with E-state index in [2.05, 4.69) is 5.32 Å². The summed E-state index contributed by atoms with van der Waals surface area (Å²) in [6, 6.07) is 10.1. The molecule has 0 saturated carbocycles. The summed E-state index contributed by atoms with van der Waals surface area (Å²) in [5.74, 6) is -0.265. The van der Waals surface area contributed by atoms with Gasteiger partial charge in [-0.2, -0.15) is 4.31 Å². The molecule has 2 aromatic rings. The van der Waals surface area contributed by atoms with E-state index in [1.807, 2.05) is 24.4 Å². The van der Waals surface area contributed by atoms with E-state index in [0.717, 1.165) is 30.6 Å². The highest BCUT2D eigenvalue weighted by atomic mass is 32.2. The highest BCUT2D eigenvalue weighted by molar-refractivity contribution is 7.89. The molecule has 1 saturated heterocycles. The summed E-state index contributed by atoms with van der Waals surface area (Å²) in [6.07, 6.45) is 3.90. The first kappa shape index (κ1) is 19.1. The average Bonchev–Trinajstić information content (AvgIpc) is 3.04. The molecule has 140 valence electrons. The third kappa shape index (κ3) is 4.34. The Balaban J connectivity index is 1.77. The third-order valence-electron chi connectivity index (χ3n) is 4.62. The second-order valence-electron chi connectivity index (χ2n) is 6.56. The van der Waals surface area contributed by atoms with Crippen LogP contribution in [0.1, 0.15) is 53.9 Å². The summed E-state index contributed by atoms with van der Waals surface area (Å²) in [5.41, 5.74) is 0.365. The van der Waals surface area contributed by atoms with Crippen LogP contribution in [0.2, 0.25) is 0 Å². The molecule has 0 bridgehead atoms. The van der Waals surface area contributed by atoms with Crippen LogP contribution in [0.25, 0.3) is 0 Å². The summed E-state index contributed by atoms with van der Waals surface area (Å²) >= 11 is 1.58. The molecule has 3 rings (SSSR count). The van der Waals surface area contributed by atoms with Crippen LogP contribution in [0.4, 0.5) is 0 Å². The Morgan fingerprint density at radius 2 is 1.85 bits per heavy atom. The van der Waals surface area contributed by atoms with E-state index in [9.17, 15) is 13.2 Å². The van der Waals surface area contributed by atoms with Gasteiger partial charge in [0.05, 0.1) is 10.9 Å². The van der Waals surface area contributed by atoms with Crippen molar-refractivity contribution in [3.8, 4) is 0 Å². The molecule has 1 aromatic carbocycles. The molecule has 1 unspecified atom stereocenters. The number of nitrogens with one attached hydrogen (secondary N) is 1. The minimum Gasteiger partial charge on any atom is -0.345 e. The van der Waals surface area contributed by atoms with Crippen molar-refractivity contribution in [1.82, 2.24) is 9.62 Å². The molecule has 1 fully saturated rings. The monoisotopic (exact) mass is 392 g/mol. The van der Waals surface area contributed by atoms with Gasteiger partial charge < -0.3 is 5.32 Å². The second kappa shape index (κ2) is 8.33. The van der Waals surface area contributed by atoms with Crippen molar-refractivity contribution in [2.24, 2.45) is 0 Å². The maximum Gasteiger partial charge on any atom is 0.251 e. The molecule has 0 radical (unpaired) electrons. The average molecular weight is 393 g/mol. The fourth-order valence-corrected chi connectivity index (χ4v) is 5.42.